The molecule has 0 aliphatic carbocycles. The fourth-order valence-electron chi connectivity index (χ4n) is 2.37. The molecule has 0 N–H and O–H groups in total. The van der Waals surface area contributed by atoms with Crippen molar-refractivity contribution in [3.63, 3.8) is 0 Å². The minimum Gasteiger partial charge on any atom is -0.288 e. The fraction of sp³-hybridized carbons (Fsp3) is 0.0667. The SMILES string of the molecule is Cn1c(=O)c2ccccc2n(-c2cccc([N+](=O)[O-])c2)c1=S. The summed E-state index contributed by atoms with van der Waals surface area (Å²) in [5.41, 5.74) is 0.946. The van der Waals surface area contributed by atoms with Crippen LogP contribution in [-0.2, 0) is 7.05 Å². The van der Waals surface area contributed by atoms with E-state index in [0.29, 0.717) is 16.6 Å². The van der Waals surface area contributed by atoms with Crippen molar-refractivity contribution in [2.45, 2.75) is 0 Å². The fourth-order valence-corrected chi connectivity index (χ4v) is 2.65. The second-order valence-electron chi connectivity index (χ2n) is 4.78. The predicted molar refractivity (Wildman–Crippen MR) is 86.0 cm³/mol. The number of fused-ring (bicyclic) bond motifs is 1. The maximum atomic E-state index is 12.3. The van der Waals surface area contributed by atoms with Crippen LogP contribution in [0.25, 0.3) is 16.6 Å². The van der Waals surface area contributed by atoms with Gasteiger partial charge in [-0.2, -0.15) is 0 Å². The Kier molecular flexibility index (Phi) is 3.34. The van der Waals surface area contributed by atoms with Crippen LogP contribution in [0, 0.1) is 14.9 Å². The Bertz CT molecular complexity index is 1020. The van der Waals surface area contributed by atoms with Crippen molar-refractivity contribution < 1.29 is 4.92 Å². The number of nitro benzene ring substituents is 1. The normalized spacial score (nSPS) is 10.8. The number of para-hydroxylation sites is 1. The summed E-state index contributed by atoms with van der Waals surface area (Å²) in [5.74, 6) is 0. The van der Waals surface area contributed by atoms with Crippen LogP contribution in [0.4, 0.5) is 5.69 Å². The third-order valence-electron chi connectivity index (χ3n) is 3.46. The Balaban J connectivity index is 2.46. The van der Waals surface area contributed by atoms with Gasteiger partial charge in [-0.1, -0.05) is 18.2 Å². The van der Waals surface area contributed by atoms with Crippen molar-refractivity contribution in [2.24, 2.45) is 7.05 Å². The molecule has 110 valence electrons. The van der Waals surface area contributed by atoms with Crippen LogP contribution in [0.1, 0.15) is 0 Å². The highest BCUT2D eigenvalue weighted by atomic mass is 32.1. The molecule has 0 atom stereocenters. The van der Waals surface area contributed by atoms with Crippen LogP contribution in [0.5, 0.6) is 0 Å². The molecule has 1 aromatic heterocycles. The zero-order valence-electron chi connectivity index (χ0n) is 11.6. The summed E-state index contributed by atoms with van der Waals surface area (Å²) in [5, 5.41) is 11.5. The van der Waals surface area contributed by atoms with Crippen molar-refractivity contribution in [3.8, 4) is 5.69 Å². The van der Waals surface area contributed by atoms with E-state index < -0.39 is 4.92 Å². The Morgan fingerprint density at radius 2 is 1.86 bits per heavy atom. The topological polar surface area (TPSA) is 70.1 Å². The van der Waals surface area contributed by atoms with E-state index >= 15 is 0 Å². The lowest BCUT2D eigenvalue weighted by atomic mass is 10.2. The molecule has 3 aromatic rings. The second-order valence-corrected chi connectivity index (χ2v) is 5.14. The molecular weight excluding hydrogens is 302 g/mol. The van der Waals surface area contributed by atoms with Gasteiger partial charge in [-0.15, -0.1) is 0 Å². The lowest BCUT2D eigenvalue weighted by Gasteiger charge is -2.13. The molecule has 0 unspecified atom stereocenters. The van der Waals surface area contributed by atoms with Crippen LogP contribution < -0.4 is 5.56 Å². The first-order chi connectivity index (χ1) is 10.5. The van der Waals surface area contributed by atoms with E-state index in [1.54, 1.807) is 48.0 Å². The number of hydrogen-bond acceptors (Lipinski definition) is 4. The van der Waals surface area contributed by atoms with E-state index in [9.17, 15) is 14.9 Å². The van der Waals surface area contributed by atoms with Crippen molar-refractivity contribution in [1.29, 1.82) is 0 Å². The number of hydrogen-bond donors (Lipinski definition) is 0. The van der Waals surface area contributed by atoms with Crippen molar-refractivity contribution in [1.82, 2.24) is 9.13 Å². The first-order valence-electron chi connectivity index (χ1n) is 6.46. The maximum absolute atomic E-state index is 12.3. The van der Waals surface area contributed by atoms with Gasteiger partial charge in [0.1, 0.15) is 0 Å². The van der Waals surface area contributed by atoms with Gasteiger partial charge in [-0.25, -0.2) is 0 Å². The van der Waals surface area contributed by atoms with Gasteiger partial charge in [0, 0.05) is 19.2 Å². The third-order valence-corrected chi connectivity index (χ3v) is 3.91. The molecule has 0 radical (unpaired) electrons. The van der Waals surface area contributed by atoms with Crippen molar-refractivity contribution in [3.05, 3.63) is 73.8 Å². The quantitative estimate of drug-likeness (QED) is 0.414. The van der Waals surface area contributed by atoms with Crippen LogP contribution in [-0.4, -0.2) is 14.1 Å². The zero-order chi connectivity index (χ0) is 15.9. The summed E-state index contributed by atoms with van der Waals surface area (Å²) in [6.07, 6.45) is 0. The number of nitro groups is 1. The van der Waals surface area contributed by atoms with Gasteiger partial charge in [-0.3, -0.25) is 24.0 Å². The monoisotopic (exact) mass is 313 g/mol. The molecule has 7 heteroatoms. The van der Waals surface area contributed by atoms with Gasteiger partial charge in [0.2, 0.25) is 0 Å². The summed E-state index contributed by atoms with van der Waals surface area (Å²) in [4.78, 5) is 22.8. The van der Waals surface area contributed by atoms with Crippen LogP contribution in [0.15, 0.2) is 53.3 Å². The third kappa shape index (κ3) is 2.11. The lowest BCUT2D eigenvalue weighted by Crippen LogP contribution is -2.22. The number of benzene rings is 2. The Labute approximate surface area is 130 Å². The minimum atomic E-state index is -0.461. The number of non-ortho nitro benzene ring substituents is 1. The average Bonchev–Trinajstić information content (AvgIpc) is 2.53. The lowest BCUT2D eigenvalue weighted by molar-refractivity contribution is -0.384. The Morgan fingerprint density at radius 1 is 1.14 bits per heavy atom. The van der Waals surface area contributed by atoms with Crippen molar-refractivity contribution in [2.75, 3.05) is 0 Å². The summed E-state index contributed by atoms with van der Waals surface area (Å²) < 4.78 is 3.31. The molecule has 22 heavy (non-hydrogen) atoms. The molecule has 0 spiro atoms. The molecule has 1 heterocycles. The van der Waals surface area contributed by atoms with Crippen molar-refractivity contribution >= 4 is 28.8 Å². The highest BCUT2D eigenvalue weighted by Gasteiger charge is 2.12. The predicted octanol–water partition coefficient (Wildman–Crippen LogP) is 2.97. The Morgan fingerprint density at radius 3 is 2.59 bits per heavy atom. The first kappa shape index (κ1) is 14.2. The van der Waals surface area contributed by atoms with Gasteiger partial charge >= 0.3 is 0 Å². The highest BCUT2D eigenvalue weighted by molar-refractivity contribution is 7.71. The molecule has 0 aliphatic rings. The summed E-state index contributed by atoms with van der Waals surface area (Å²) >= 11 is 5.36. The number of nitrogens with zero attached hydrogens (tertiary/aromatic N) is 3. The van der Waals surface area contributed by atoms with E-state index in [1.165, 1.54) is 16.7 Å². The first-order valence-corrected chi connectivity index (χ1v) is 6.87. The molecule has 2 aromatic carbocycles. The molecular formula is C15H11N3O3S. The number of rotatable bonds is 2. The molecule has 0 bridgehead atoms. The van der Waals surface area contributed by atoms with Gasteiger partial charge in [0.05, 0.1) is 21.5 Å². The van der Waals surface area contributed by atoms with Crippen LogP contribution in [0.3, 0.4) is 0 Å². The average molecular weight is 313 g/mol. The van der Waals surface area contributed by atoms with E-state index in [4.69, 9.17) is 12.2 Å². The molecule has 0 saturated carbocycles. The van der Waals surface area contributed by atoms with E-state index in [2.05, 4.69) is 0 Å². The largest absolute Gasteiger partial charge is 0.288 e. The standard InChI is InChI=1S/C15H11N3O3S/c1-16-14(19)12-7-2-3-8-13(12)17(15(16)22)10-5-4-6-11(9-10)18(20)21/h2-9H,1H3. The van der Waals surface area contributed by atoms with Crippen LogP contribution >= 0.6 is 12.2 Å². The van der Waals surface area contributed by atoms with Crippen LogP contribution in [0.2, 0.25) is 0 Å². The van der Waals surface area contributed by atoms with E-state index in [1.807, 2.05) is 0 Å². The van der Waals surface area contributed by atoms with E-state index in [-0.39, 0.29) is 16.0 Å². The molecule has 0 fully saturated rings. The van der Waals surface area contributed by atoms with E-state index in [0.717, 1.165) is 0 Å². The van der Waals surface area contributed by atoms with Gasteiger partial charge in [0.25, 0.3) is 11.2 Å². The summed E-state index contributed by atoms with van der Waals surface area (Å²) in [6.45, 7) is 0. The summed E-state index contributed by atoms with van der Waals surface area (Å²) in [7, 11) is 1.59. The molecule has 6 nitrogen and oxygen atoms in total. The molecule has 0 amide bonds. The minimum absolute atomic E-state index is 0.0302. The van der Waals surface area contributed by atoms with Gasteiger partial charge in [-0.05, 0) is 30.4 Å². The second kappa shape index (κ2) is 5.19. The highest BCUT2D eigenvalue weighted by Crippen LogP contribution is 2.21. The molecule has 3 rings (SSSR count). The maximum Gasteiger partial charge on any atom is 0.271 e. The van der Waals surface area contributed by atoms with Gasteiger partial charge in [0.15, 0.2) is 4.77 Å². The smallest absolute Gasteiger partial charge is 0.271 e. The number of aromatic nitrogens is 2. The zero-order valence-corrected chi connectivity index (χ0v) is 12.4. The summed E-state index contributed by atoms with van der Waals surface area (Å²) in [6, 6.07) is 13.2. The molecule has 0 saturated heterocycles. The van der Waals surface area contributed by atoms with Gasteiger partial charge < -0.3 is 0 Å². The Hall–Kier alpha value is -2.80. The molecule has 0 aliphatic heterocycles.